The van der Waals surface area contributed by atoms with Gasteiger partial charge in [0.1, 0.15) is 5.75 Å². The molecule has 0 aliphatic carbocycles. The summed E-state index contributed by atoms with van der Waals surface area (Å²) < 4.78 is 10.3. The van der Waals surface area contributed by atoms with E-state index in [1.165, 1.54) is 7.11 Å². The third-order valence-corrected chi connectivity index (χ3v) is 3.01. The molecule has 0 amide bonds. The Morgan fingerprint density at radius 3 is 2.25 bits per heavy atom. The number of ketones is 1. The molecule has 0 radical (unpaired) electrons. The number of aromatic hydroxyl groups is 1. The molecule has 4 heteroatoms. The van der Waals surface area contributed by atoms with Gasteiger partial charge in [-0.15, -0.1) is 0 Å². The molecule has 0 unspecified atom stereocenters. The molecule has 0 aromatic heterocycles. The maximum absolute atomic E-state index is 12.2. The molecule has 4 nitrogen and oxygen atoms in total. The Balaban J connectivity index is 2.18. The molecule has 1 N–H and O–H groups in total. The first-order valence-corrected chi connectivity index (χ1v) is 6.17. The normalized spacial score (nSPS) is 10.1. The van der Waals surface area contributed by atoms with Crippen molar-refractivity contribution in [2.45, 2.75) is 6.42 Å². The quantitative estimate of drug-likeness (QED) is 0.850. The zero-order valence-corrected chi connectivity index (χ0v) is 11.4. The highest BCUT2D eigenvalue weighted by Crippen LogP contribution is 2.28. The van der Waals surface area contributed by atoms with Crippen LogP contribution in [-0.2, 0) is 6.42 Å². The van der Waals surface area contributed by atoms with Crippen LogP contribution >= 0.6 is 0 Å². The van der Waals surface area contributed by atoms with Gasteiger partial charge in [-0.3, -0.25) is 4.79 Å². The minimum atomic E-state index is -0.0170. The van der Waals surface area contributed by atoms with Gasteiger partial charge in [-0.2, -0.15) is 0 Å². The molecule has 0 bridgehead atoms. The predicted octanol–water partition coefficient (Wildman–Crippen LogP) is 2.83. The second kappa shape index (κ2) is 6.10. The summed E-state index contributed by atoms with van der Waals surface area (Å²) in [5.74, 6) is 1.29. The molecule has 0 saturated heterocycles. The van der Waals surface area contributed by atoms with E-state index in [0.29, 0.717) is 17.1 Å². The van der Waals surface area contributed by atoms with Crippen molar-refractivity contribution < 1.29 is 19.4 Å². The fourth-order valence-corrected chi connectivity index (χ4v) is 1.91. The van der Waals surface area contributed by atoms with Gasteiger partial charge in [0.05, 0.1) is 14.2 Å². The number of phenolic OH excluding ortho intramolecular Hbond substituents is 1. The molecule has 0 aliphatic rings. The van der Waals surface area contributed by atoms with Crippen LogP contribution in [0.25, 0.3) is 0 Å². The highest BCUT2D eigenvalue weighted by molar-refractivity contribution is 5.98. The lowest BCUT2D eigenvalue weighted by atomic mass is 10.0. The van der Waals surface area contributed by atoms with Crippen molar-refractivity contribution in [2.24, 2.45) is 0 Å². The first kappa shape index (κ1) is 13.9. The molecule has 2 aromatic carbocycles. The largest absolute Gasteiger partial charge is 0.508 e. The van der Waals surface area contributed by atoms with Gasteiger partial charge in [0.15, 0.2) is 17.3 Å². The summed E-state index contributed by atoms with van der Waals surface area (Å²) in [4.78, 5) is 12.2. The molecule has 0 heterocycles. The Morgan fingerprint density at radius 1 is 1.00 bits per heavy atom. The van der Waals surface area contributed by atoms with Crippen molar-refractivity contribution in [3.05, 3.63) is 53.6 Å². The molecule has 0 spiro atoms. The number of ether oxygens (including phenoxy) is 2. The molecular weight excluding hydrogens is 256 g/mol. The van der Waals surface area contributed by atoms with Gasteiger partial charge in [-0.05, 0) is 35.9 Å². The topological polar surface area (TPSA) is 55.8 Å². The Morgan fingerprint density at radius 2 is 1.65 bits per heavy atom. The summed E-state index contributed by atoms with van der Waals surface area (Å²) in [6.45, 7) is 0. The van der Waals surface area contributed by atoms with Crippen molar-refractivity contribution in [3.63, 3.8) is 0 Å². The summed E-state index contributed by atoms with van der Waals surface area (Å²) in [6.07, 6.45) is 0.274. The number of carbonyl (C=O) groups is 1. The van der Waals surface area contributed by atoms with Gasteiger partial charge in [0.25, 0.3) is 0 Å². The smallest absolute Gasteiger partial charge is 0.167 e. The first-order chi connectivity index (χ1) is 9.63. The number of Topliss-reactive ketones (excluding diaryl/α,β-unsaturated/α-hetero) is 1. The monoisotopic (exact) mass is 272 g/mol. The van der Waals surface area contributed by atoms with E-state index in [2.05, 4.69) is 0 Å². The van der Waals surface area contributed by atoms with Crippen molar-refractivity contribution >= 4 is 5.78 Å². The second-order valence-electron chi connectivity index (χ2n) is 4.34. The lowest BCUT2D eigenvalue weighted by Gasteiger charge is -2.09. The average Bonchev–Trinajstić information content (AvgIpc) is 2.48. The van der Waals surface area contributed by atoms with Crippen LogP contribution < -0.4 is 9.47 Å². The van der Waals surface area contributed by atoms with E-state index in [-0.39, 0.29) is 18.0 Å². The van der Waals surface area contributed by atoms with E-state index in [4.69, 9.17) is 9.47 Å². The van der Waals surface area contributed by atoms with E-state index in [9.17, 15) is 9.90 Å². The number of rotatable bonds is 5. The minimum Gasteiger partial charge on any atom is -0.508 e. The fraction of sp³-hybridized carbons (Fsp3) is 0.188. The fourth-order valence-electron chi connectivity index (χ4n) is 1.91. The third-order valence-electron chi connectivity index (χ3n) is 3.01. The number of hydrogen-bond donors (Lipinski definition) is 1. The number of phenols is 1. The van der Waals surface area contributed by atoms with Crippen LogP contribution in [0.2, 0.25) is 0 Å². The molecule has 0 saturated carbocycles. The number of hydrogen-bond acceptors (Lipinski definition) is 4. The minimum absolute atomic E-state index is 0.0170. The molecule has 0 aliphatic heterocycles. The van der Waals surface area contributed by atoms with Crippen LogP contribution in [0.3, 0.4) is 0 Å². The zero-order valence-electron chi connectivity index (χ0n) is 11.4. The van der Waals surface area contributed by atoms with E-state index in [0.717, 1.165) is 5.56 Å². The highest BCUT2D eigenvalue weighted by atomic mass is 16.5. The van der Waals surface area contributed by atoms with Gasteiger partial charge >= 0.3 is 0 Å². The highest BCUT2D eigenvalue weighted by Gasteiger charge is 2.11. The Labute approximate surface area is 117 Å². The zero-order chi connectivity index (χ0) is 14.5. The number of methoxy groups -OCH3 is 2. The van der Waals surface area contributed by atoms with Crippen LogP contribution in [0.4, 0.5) is 0 Å². The number of benzene rings is 2. The molecule has 0 atom stereocenters. The Kier molecular flexibility index (Phi) is 4.25. The van der Waals surface area contributed by atoms with Crippen molar-refractivity contribution in [2.75, 3.05) is 14.2 Å². The third kappa shape index (κ3) is 3.09. The maximum atomic E-state index is 12.2. The summed E-state index contributed by atoms with van der Waals surface area (Å²) in [6, 6.07) is 11.7. The summed E-state index contributed by atoms with van der Waals surface area (Å²) >= 11 is 0. The molecule has 2 rings (SSSR count). The summed E-state index contributed by atoms with van der Waals surface area (Å²) in [5.41, 5.74) is 1.42. The second-order valence-corrected chi connectivity index (χ2v) is 4.34. The van der Waals surface area contributed by atoms with Crippen LogP contribution in [0, 0.1) is 0 Å². The van der Waals surface area contributed by atoms with Gasteiger partial charge in [0, 0.05) is 12.0 Å². The van der Waals surface area contributed by atoms with Gasteiger partial charge in [-0.1, -0.05) is 12.1 Å². The molecular formula is C16H16O4. The van der Waals surface area contributed by atoms with E-state index in [1.807, 2.05) is 0 Å². The van der Waals surface area contributed by atoms with E-state index in [1.54, 1.807) is 49.6 Å². The Hall–Kier alpha value is -2.49. The van der Waals surface area contributed by atoms with Crippen LogP contribution in [0.5, 0.6) is 17.2 Å². The summed E-state index contributed by atoms with van der Waals surface area (Å²) in [5, 5.41) is 9.22. The van der Waals surface area contributed by atoms with Gasteiger partial charge < -0.3 is 14.6 Å². The molecule has 2 aromatic rings. The summed E-state index contributed by atoms with van der Waals surface area (Å²) in [7, 11) is 3.09. The van der Waals surface area contributed by atoms with Crippen molar-refractivity contribution in [1.29, 1.82) is 0 Å². The van der Waals surface area contributed by atoms with E-state index < -0.39 is 0 Å². The SMILES string of the molecule is COc1ccc(C(=O)Cc2ccc(O)cc2)cc1OC. The standard InChI is InChI=1S/C16H16O4/c1-19-15-8-5-12(10-16(15)20-2)14(18)9-11-3-6-13(17)7-4-11/h3-8,10,17H,9H2,1-2H3. The van der Waals surface area contributed by atoms with Crippen molar-refractivity contribution in [3.8, 4) is 17.2 Å². The first-order valence-electron chi connectivity index (χ1n) is 6.17. The maximum Gasteiger partial charge on any atom is 0.167 e. The van der Waals surface area contributed by atoms with Crippen LogP contribution in [-0.4, -0.2) is 25.1 Å². The molecule has 104 valence electrons. The van der Waals surface area contributed by atoms with Crippen LogP contribution in [0.15, 0.2) is 42.5 Å². The van der Waals surface area contributed by atoms with E-state index >= 15 is 0 Å². The average molecular weight is 272 g/mol. The number of carbonyl (C=O) groups excluding carboxylic acids is 1. The predicted molar refractivity (Wildman–Crippen MR) is 75.7 cm³/mol. The Bertz CT molecular complexity index is 602. The molecule has 20 heavy (non-hydrogen) atoms. The van der Waals surface area contributed by atoms with Gasteiger partial charge in [0.2, 0.25) is 0 Å². The lowest BCUT2D eigenvalue weighted by molar-refractivity contribution is 0.0992. The van der Waals surface area contributed by atoms with Crippen LogP contribution in [0.1, 0.15) is 15.9 Å². The molecule has 0 fully saturated rings. The van der Waals surface area contributed by atoms with Crippen molar-refractivity contribution in [1.82, 2.24) is 0 Å². The lowest BCUT2D eigenvalue weighted by Crippen LogP contribution is -2.04. The van der Waals surface area contributed by atoms with Gasteiger partial charge in [-0.25, -0.2) is 0 Å².